The van der Waals surface area contributed by atoms with Crippen molar-refractivity contribution in [3.05, 3.63) is 35.6 Å². The van der Waals surface area contributed by atoms with Crippen molar-refractivity contribution in [3.63, 3.8) is 0 Å². The van der Waals surface area contributed by atoms with Gasteiger partial charge in [-0.05, 0) is 37.1 Å². The number of esters is 1. The number of halogens is 1. The number of nitrogens with zero attached hydrogens (tertiary/aromatic N) is 1. The fraction of sp³-hybridized carbons (Fsp3) is 0.438. The van der Waals surface area contributed by atoms with Crippen molar-refractivity contribution in [1.29, 1.82) is 0 Å². The van der Waals surface area contributed by atoms with Crippen LogP contribution in [0.2, 0.25) is 0 Å². The second-order valence-corrected chi connectivity index (χ2v) is 6.64. The number of hydrogen-bond donors (Lipinski definition) is 0. The summed E-state index contributed by atoms with van der Waals surface area (Å²) in [5, 5.41) is 0. The Bertz CT molecular complexity index is 629. The molecule has 0 N–H and O–H groups in total. The molecule has 5 nitrogen and oxygen atoms in total. The molecular formula is C16H16FNO4S. The number of carbonyl (C=O) groups excluding carboxylic acids is 3. The summed E-state index contributed by atoms with van der Waals surface area (Å²) in [6.07, 6.45) is 1.76. The number of rotatable bonds is 5. The van der Waals surface area contributed by atoms with Gasteiger partial charge >= 0.3 is 5.97 Å². The molecule has 0 unspecified atom stereocenters. The molecule has 1 aromatic carbocycles. The minimum absolute atomic E-state index is 0.00168. The van der Waals surface area contributed by atoms with Gasteiger partial charge in [-0.25, -0.2) is 9.18 Å². The largest absolute Gasteiger partial charge is 0.456 e. The molecule has 1 heterocycles. The molecule has 7 heteroatoms. The smallest absolute Gasteiger partial charge is 0.330 e. The molecule has 2 aliphatic rings. The van der Waals surface area contributed by atoms with Gasteiger partial charge < -0.3 is 9.64 Å². The van der Waals surface area contributed by atoms with E-state index in [1.165, 1.54) is 36.0 Å². The van der Waals surface area contributed by atoms with Crippen LogP contribution >= 0.6 is 11.8 Å². The van der Waals surface area contributed by atoms with Gasteiger partial charge in [-0.2, -0.15) is 0 Å². The molecular weight excluding hydrogens is 321 g/mol. The lowest BCUT2D eigenvalue weighted by molar-refractivity contribution is -0.152. The lowest BCUT2D eigenvalue weighted by atomic mass is 10.1. The van der Waals surface area contributed by atoms with E-state index in [0.29, 0.717) is 11.6 Å². The third-order valence-corrected chi connectivity index (χ3v) is 4.89. The summed E-state index contributed by atoms with van der Waals surface area (Å²) in [5.74, 6) is -0.366. The SMILES string of the molecule is O=C(COC(=O)[C@@H]1CSCN1C(=O)C1CC1)c1ccc(F)cc1. The highest BCUT2D eigenvalue weighted by Gasteiger charge is 2.42. The van der Waals surface area contributed by atoms with E-state index >= 15 is 0 Å². The van der Waals surface area contributed by atoms with Crippen LogP contribution in [0.25, 0.3) is 0 Å². The number of thioether (sulfide) groups is 1. The van der Waals surface area contributed by atoms with Crippen molar-refractivity contribution in [3.8, 4) is 0 Å². The van der Waals surface area contributed by atoms with Crippen LogP contribution in [0.3, 0.4) is 0 Å². The van der Waals surface area contributed by atoms with Gasteiger partial charge in [-0.3, -0.25) is 9.59 Å². The van der Waals surface area contributed by atoms with E-state index in [-0.39, 0.29) is 17.4 Å². The Hall–Kier alpha value is -1.89. The highest BCUT2D eigenvalue weighted by Crippen LogP contribution is 2.34. The average molecular weight is 337 g/mol. The maximum Gasteiger partial charge on any atom is 0.330 e. The monoisotopic (exact) mass is 337 g/mol. The molecule has 1 saturated carbocycles. The van der Waals surface area contributed by atoms with Crippen LogP contribution in [0.1, 0.15) is 23.2 Å². The van der Waals surface area contributed by atoms with E-state index in [4.69, 9.17) is 4.74 Å². The number of benzene rings is 1. The van der Waals surface area contributed by atoms with Crippen LogP contribution < -0.4 is 0 Å². The van der Waals surface area contributed by atoms with Crippen molar-refractivity contribution in [2.75, 3.05) is 18.2 Å². The zero-order chi connectivity index (χ0) is 16.4. The first kappa shape index (κ1) is 16.0. The summed E-state index contributed by atoms with van der Waals surface area (Å²) in [6, 6.07) is 4.44. The lowest BCUT2D eigenvalue weighted by Gasteiger charge is -2.22. The number of carbonyl (C=O) groups is 3. The molecule has 23 heavy (non-hydrogen) atoms. The Morgan fingerprint density at radius 2 is 1.91 bits per heavy atom. The molecule has 3 rings (SSSR count). The van der Waals surface area contributed by atoms with Crippen LogP contribution in [-0.4, -0.2) is 46.8 Å². The number of hydrogen-bond acceptors (Lipinski definition) is 5. The standard InChI is InChI=1S/C16H16FNO4S/c17-12-5-3-10(4-6-12)14(19)7-22-16(21)13-8-23-9-18(13)15(20)11-1-2-11/h3-6,11,13H,1-2,7-9H2/t13-/m0/s1. The predicted molar refractivity (Wildman–Crippen MR) is 82.4 cm³/mol. The second-order valence-electron chi connectivity index (χ2n) is 5.64. The topological polar surface area (TPSA) is 63.7 Å². The van der Waals surface area contributed by atoms with E-state index in [1.807, 2.05) is 0 Å². The summed E-state index contributed by atoms with van der Waals surface area (Å²) in [6.45, 7) is -0.406. The summed E-state index contributed by atoms with van der Waals surface area (Å²) < 4.78 is 17.9. The van der Waals surface area contributed by atoms with E-state index < -0.39 is 30.2 Å². The summed E-state index contributed by atoms with van der Waals surface area (Å²) >= 11 is 1.50. The van der Waals surface area contributed by atoms with E-state index in [2.05, 4.69) is 0 Å². The van der Waals surface area contributed by atoms with E-state index in [1.54, 1.807) is 4.90 Å². The molecule has 1 saturated heterocycles. The molecule has 1 aliphatic heterocycles. The maximum atomic E-state index is 12.8. The zero-order valence-electron chi connectivity index (χ0n) is 12.4. The van der Waals surface area contributed by atoms with Gasteiger partial charge in [-0.1, -0.05) is 0 Å². The van der Waals surface area contributed by atoms with Crippen LogP contribution in [0, 0.1) is 11.7 Å². The first-order valence-electron chi connectivity index (χ1n) is 7.40. The van der Waals surface area contributed by atoms with Gasteiger partial charge in [0.05, 0.1) is 5.88 Å². The van der Waals surface area contributed by atoms with Crippen LogP contribution in [0.5, 0.6) is 0 Å². The van der Waals surface area contributed by atoms with E-state index in [9.17, 15) is 18.8 Å². The Labute approximate surface area is 137 Å². The van der Waals surface area contributed by atoms with E-state index in [0.717, 1.165) is 12.8 Å². The lowest BCUT2D eigenvalue weighted by Crippen LogP contribution is -2.43. The Kier molecular flexibility index (Phi) is 4.66. The van der Waals surface area contributed by atoms with Crippen LogP contribution in [-0.2, 0) is 14.3 Å². The molecule has 1 aromatic rings. The quantitative estimate of drug-likeness (QED) is 0.606. The minimum atomic E-state index is -0.617. The maximum absolute atomic E-state index is 12.8. The zero-order valence-corrected chi connectivity index (χ0v) is 13.2. The van der Waals surface area contributed by atoms with Crippen LogP contribution in [0.4, 0.5) is 4.39 Å². The first-order chi connectivity index (χ1) is 11.1. The molecule has 1 atom stereocenters. The number of ketones is 1. The molecule has 1 amide bonds. The molecule has 122 valence electrons. The second kappa shape index (κ2) is 6.70. The molecule has 0 bridgehead atoms. The summed E-state index contributed by atoms with van der Waals surface area (Å²) in [5.41, 5.74) is 0.283. The van der Waals surface area contributed by atoms with Crippen molar-refractivity contribution < 1.29 is 23.5 Å². The van der Waals surface area contributed by atoms with Gasteiger partial charge in [0.25, 0.3) is 0 Å². The number of ether oxygens (including phenoxy) is 1. The fourth-order valence-corrected chi connectivity index (χ4v) is 3.52. The normalized spacial score (nSPS) is 20.4. The molecule has 2 fully saturated rings. The number of amides is 1. The molecule has 0 radical (unpaired) electrons. The van der Waals surface area contributed by atoms with Crippen molar-refractivity contribution >= 4 is 29.4 Å². The Morgan fingerprint density at radius 3 is 2.57 bits per heavy atom. The molecule has 0 spiro atoms. The Morgan fingerprint density at radius 1 is 1.22 bits per heavy atom. The molecule has 0 aromatic heterocycles. The minimum Gasteiger partial charge on any atom is -0.456 e. The number of Topliss-reactive ketones (excluding diaryl/α,β-unsaturated/α-hetero) is 1. The van der Waals surface area contributed by atoms with Gasteiger partial charge in [-0.15, -0.1) is 11.8 Å². The Balaban J connectivity index is 1.55. The van der Waals surface area contributed by atoms with Gasteiger partial charge in [0.2, 0.25) is 5.91 Å². The summed E-state index contributed by atoms with van der Waals surface area (Å²) in [7, 11) is 0. The third-order valence-electron chi connectivity index (χ3n) is 3.88. The van der Waals surface area contributed by atoms with Gasteiger partial charge in [0.1, 0.15) is 11.9 Å². The first-order valence-corrected chi connectivity index (χ1v) is 8.55. The van der Waals surface area contributed by atoms with Crippen molar-refractivity contribution in [2.24, 2.45) is 5.92 Å². The van der Waals surface area contributed by atoms with Gasteiger partial charge in [0.15, 0.2) is 12.4 Å². The molecule has 1 aliphatic carbocycles. The fourth-order valence-electron chi connectivity index (χ4n) is 2.37. The average Bonchev–Trinajstić information content (AvgIpc) is 3.29. The van der Waals surface area contributed by atoms with Crippen molar-refractivity contribution in [2.45, 2.75) is 18.9 Å². The van der Waals surface area contributed by atoms with Crippen molar-refractivity contribution in [1.82, 2.24) is 4.90 Å². The third kappa shape index (κ3) is 3.72. The summed E-state index contributed by atoms with van der Waals surface area (Å²) in [4.78, 5) is 37.7. The predicted octanol–water partition coefficient (Wildman–Crippen LogP) is 1.86. The van der Waals surface area contributed by atoms with Gasteiger partial charge in [0, 0.05) is 17.2 Å². The highest BCUT2D eigenvalue weighted by molar-refractivity contribution is 7.99. The van der Waals surface area contributed by atoms with Crippen LogP contribution in [0.15, 0.2) is 24.3 Å². The highest BCUT2D eigenvalue weighted by atomic mass is 32.2.